The number of sulfone groups is 1. The van der Waals surface area contributed by atoms with Crippen LogP contribution in [0.5, 0.6) is 5.75 Å². The van der Waals surface area contributed by atoms with Crippen LogP contribution in [0.25, 0.3) is 10.8 Å². The predicted octanol–water partition coefficient (Wildman–Crippen LogP) is -12.3. The second kappa shape index (κ2) is 30.4. The minimum atomic E-state index is -5.56. The second-order valence-electron chi connectivity index (χ2n) is 11.7. The number of anilines is 3. The Morgan fingerprint density at radius 3 is 1.94 bits per heavy atom. The zero-order valence-corrected chi connectivity index (χ0v) is 50.5. The molecule has 0 aliphatic rings. The largest absolute Gasteiger partial charge is 1.00 e. The van der Waals surface area contributed by atoms with E-state index in [-0.39, 0.29) is 194 Å². The number of hydrogen-bond acceptors (Lipinski definition) is 29. The van der Waals surface area contributed by atoms with Crippen molar-refractivity contribution in [2.24, 2.45) is 20.5 Å². The molecule has 40 heteroatoms. The van der Waals surface area contributed by atoms with Gasteiger partial charge in [0.2, 0.25) is 5.95 Å². The third-order valence-corrected chi connectivity index (χ3v) is 12.5. The van der Waals surface area contributed by atoms with E-state index in [9.17, 15) is 71.7 Å². The van der Waals surface area contributed by atoms with E-state index in [0.29, 0.717) is 12.1 Å². The molecule has 69 heavy (non-hydrogen) atoms. The number of aromatic hydroxyl groups is 1. The van der Waals surface area contributed by atoms with Crippen molar-refractivity contribution in [2.75, 3.05) is 28.9 Å². The maximum atomic E-state index is 13.7. The average molecular weight is 1130 g/mol. The molecule has 0 atom stereocenters. The molecule has 27 nitrogen and oxygen atoms in total. The van der Waals surface area contributed by atoms with E-state index in [1.54, 1.807) is 0 Å². The Labute approximate surface area is 507 Å². The van der Waals surface area contributed by atoms with Gasteiger partial charge in [-0.05, 0) is 54.6 Å². The fraction of sp³-hybridized carbons (Fsp3) is 0.103. The summed E-state index contributed by atoms with van der Waals surface area (Å²) in [6, 6.07) is 8.31. The molecule has 344 valence electrons. The fourth-order valence-corrected chi connectivity index (χ4v) is 8.57. The van der Waals surface area contributed by atoms with E-state index in [1.807, 2.05) is 0 Å². The topological polar surface area (TPSA) is 418 Å². The first-order chi connectivity index (χ1) is 30.0. The van der Waals surface area contributed by atoms with E-state index in [4.69, 9.17) is 0 Å². The molecule has 0 unspecified atom stereocenters. The van der Waals surface area contributed by atoms with Crippen molar-refractivity contribution in [1.82, 2.24) is 9.97 Å². The Morgan fingerprint density at radius 2 is 1.33 bits per heavy atom. The van der Waals surface area contributed by atoms with Crippen LogP contribution < -0.4 is 169 Å². The molecule has 5 rings (SSSR count). The summed E-state index contributed by atoms with van der Waals surface area (Å²) in [6.45, 7) is -0.624. The molecule has 0 saturated heterocycles. The number of rotatable bonds is 21. The maximum absolute atomic E-state index is 13.7. The van der Waals surface area contributed by atoms with Gasteiger partial charge < -0.3 is 39.9 Å². The zero-order valence-electron chi connectivity index (χ0n) is 35.6. The molecular weight excluding hydrogens is 1110 g/mol. The van der Waals surface area contributed by atoms with Crippen LogP contribution in [0.2, 0.25) is 0 Å². The average Bonchev–Trinajstić information content (AvgIpc) is 3.19. The molecule has 5 aromatic rings. The first-order valence-electron chi connectivity index (χ1n) is 16.1. The third-order valence-electron chi connectivity index (χ3n) is 7.58. The predicted molar refractivity (Wildman–Crippen MR) is 202 cm³/mol. The van der Waals surface area contributed by atoms with Gasteiger partial charge in [-0.2, -0.15) is 23.1 Å². The molecule has 0 aliphatic heterocycles. The molecule has 0 bridgehead atoms. The number of nitrogens with one attached hydrogen (secondary N) is 2. The molecule has 1 heterocycles. The van der Waals surface area contributed by atoms with Crippen LogP contribution >= 0.6 is 24.4 Å². The summed E-state index contributed by atoms with van der Waals surface area (Å²) in [5.74, 6) is -4.81. The first-order valence-corrected chi connectivity index (χ1v) is 23.6. The summed E-state index contributed by atoms with van der Waals surface area (Å²) in [4.78, 5) is 2.72. The van der Waals surface area contributed by atoms with Gasteiger partial charge in [0.1, 0.15) is 64.8 Å². The smallest absolute Gasteiger partial charge is 0.747 e. The van der Waals surface area contributed by atoms with Gasteiger partial charge in [-0.1, -0.05) is 0 Å². The summed E-state index contributed by atoms with van der Waals surface area (Å²) in [7, 11) is -20.3. The summed E-state index contributed by atoms with van der Waals surface area (Å²) in [5, 5.41) is 57.8. The number of benzene rings is 4. The molecular formula is C29H19F2N8Na5O19S6. The van der Waals surface area contributed by atoms with E-state index in [1.165, 1.54) is 0 Å². The molecule has 1 aromatic heterocycles. The Morgan fingerprint density at radius 1 is 0.696 bits per heavy atom. The minimum Gasteiger partial charge on any atom is -0.747 e. The molecule has 0 radical (unpaired) electrons. The van der Waals surface area contributed by atoms with Crippen LogP contribution in [0.4, 0.5) is 48.7 Å². The summed E-state index contributed by atoms with van der Waals surface area (Å²) in [5.41, 5.74) is -3.30. The number of halogens is 2. The zero-order chi connectivity index (χ0) is 47.0. The van der Waals surface area contributed by atoms with E-state index >= 15 is 0 Å². The standard InChI is InChI=1S/C29H24F2N8O19S6.5Na/c30-24-12-25(35-29(31)34-24)33-14-1-6-22(63(48,49)50)20(9-14)37-39-27-21(59-57-55-41)11-17-16(28(27)40)3-5-19(32-13-62(45,46)47)26(17)38-36-18-4-2-15(10-23(18)64(51,52)53)61(43,44)8-7-54-60-58-56-42;;;;;/h1-6,9-12,32,40-42H,7-8,13H2,(H,33,34,35)(H,45,46,47)(H,48,49,50)(H,51,52,53);;;;;/q;5*+1/p-5. The number of phenolic OH excluding ortho intramolecular Hbond substituents is 1. The fourth-order valence-electron chi connectivity index (χ4n) is 5.02. The van der Waals surface area contributed by atoms with E-state index < -0.39 is 124 Å². The Kier molecular flexibility index (Phi) is 30.3. The third kappa shape index (κ3) is 20.1. The van der Waals surface area contributed by atoms with Crippen molar-refractivity contribution >= 4 is 115 Å². The van der Waals surface area contributed by atoms with E-state index in [0.717, 1.165) is 48.5 Å². The molecule has 0 aliphatic carbocycles. The van der Waals surface area contributed by atoms with Gasteiger partial charge in [0, 0.05) is 22.5 Å². The van der Waals surface area contributed by atoms with Crippen LogP contribution in [0.1, 0.15) is 0 Å². The number of azo groups is 2. The van der Waals surface area contributed by atoms with Crippen LogP contribution in [0, 0.1) is 12.0 Å². The molecule has 0 saturated carbocycles. The Bertz CT molecular complexity index is 3100. The van der Waals surface area contributed by atoms with Gasteiger partial charge in [0.05, 0.1) is 49.7 Å². The van der Waals surface area contributed by atoms with Gasteiger partial charge in [-0.15, -0.1) is 24.8 Å². The van der Waals surface area contributed by atoms with Crippen molar-refractivity contribution in [2.45, 2.75) is 19.6 Å². The molecule has 4 aromatic carbocycles. The SMILES string of the molecule is O=S(=O)([O-])CNc1ccc2c(O)c(N=Nc3cc(Nc4cc(F)nc(F)n4)ccc3S(=O)(=O)[O-])c(SOO[O-])cc2c1N=Nc1ccc(S(=O)(=O)CCOSOO[O-])cc1S(=O)(=O)[O-].[Na+].[Na+].[Na+].[Na+].[Na+]. The van der Waals surface area contributed by atoms with Crippen LogP contribution in [0.3, 0.4) is 0 Å². The molecule has 0 spiro atoms. The Hall–Kier alpha value is -0.220. The van der Waals surface area contributed by atoms with Gasteiger partial charge in [-0.25, -0.2) is 33.7 Å². The minimum absolute atomic E-state index is 0. The first kappa shape index (κ1) is 68.8. The molecule has 3 N–H and O–H groups in total. The van der Waals surface area contributed by atoms with Gasteiger partial charge in [-0.3, -0.25) is 14.3 Å². The van der Waals surface area contributed by atoms with Crippen molar-refractivity contribution in [3.8, 4) is 5.75 Å². The summed E-state index contributed by atoms with van der Waals surface area (Å²) in [6.07, 6.45) is -1.48. The number of aromatic nitrogens is 2. The van der Waals surface area contributed by atoms with Crippen LogP contribution in [0.15, 0.2) is 101 Å². The number of hydrogen-bond donors (Lipinski definition) is 3. The monoisotopic (exact) mass is 1130 g/mol. The van der Waals surface area contributed by atoms with Crippen molar-refractivity contribution < 1.29 is 242 Å². The van der Waals surface area contributed by atoms with Crippen LogP contribution in [-0.4, -0.2) is 80.6 Å². The Balaban J connectivity index is 0.00000925. The second-order valence-corrected chi connectivity index (χ2v) is 19.1. The van der Waals surface area contributed by atoms with Gasteiger partial charge in [0.25, 0.3) is 0 Å². The summed E-state index contributed by atoms with van der Waals surface area (Å²) >= 11 is -0.000974. The molecule has 0 amide bonds. The maximum Gasteiger partial charge on any atom is 1.00 e. The summed E-state index contributed by atoms with van der Waals surface area (Å²) < 4.78 is 174. The quantitative estimate of drug-likeness (QED) is 0.00707. The van der Waals surface area contributed by atoms with Crippen molar-refractivity contribution in [3.63, 3.8) is 0 Å². The number of fused-ring (bicyclic) bond motifs is 1. The number of phenols is 1. The van der Waals surface area contributed by atoms with Crippen molar-refractivity contribution in [1.29, 1.82) is 0 Å². The van der Waals surface area contributed by atoms with Crippen LogP contribution in [-0.2, 0) is 63.1 Å². The van der Waals surface area contributed by atoms with Gasteiger partial charge in [0.15, 0.2) is 27.9 Å². The van der Waals surface area contributed by atoms with Crippen molar-refractivity contribution in [3.05, 3.63) is 72.7 Å². The number of nitrogens with zero attached hydrogens (tertiary/aromatic N) is 6. The molecule has 0 fully saturated rings. The normalized spacial score (nSPS) is 11.8. The van der Waals surface area contributed by atoms with Gasteiger partial charge >= 0.3 is 154 Å². The van der Waals surface area contributed by atoms with E-state index in [2.05, 4.69) is 64.0 Å².